The molecule has 0 bridgehead atoms. The lowest BCUT2D eigenvalue weighted by molar-refractivity contribution is -0.929. The highest BCUT2D eigenvalue weighted by atomic mass is 16.6. The Balaban J connectivity index is 1.29. The number of hydrogen-bond donors (Lipinski definition) is 2. The quantitative estimate of drug-likeness (QED) is 0.111. The molecule has 2 unspecified atom stereocenters. The van der Waals surface area contributed by atoms with Crippen molar-refractivity contribution >= 4 is 23.2 Å². The van der Waals surface area contributed by atoms with Gasteiger partial charge in [-0.3, -0.25) is 9.59 Å². The van der Waals surface area contributed by atoms with Gasteiger partial charge in [0.25, 0.3) is 11.8 Å². The topological polar surface area (TPSA) is 104 Å². The van der Waals surface area contributed by atoms with Crippen LogP contribution in [-0.4, -0.2) is 46.3 Å². The summed E-state index contributed by atoms with van der Waals surface area (Å²) < 4.78 is -1.51. The van der Waals surface area contributed by atoms with Crippen LogP contribution in [0.25, 0.3) is 0 Å². The number of fused-ring (bicyclic) bond motifs is 2. The first-order chi connectivity index (χ1) is 26.1. The first-order valence-electron chi connectivity index (χ1n) is 20.3. The van der Waals surface area contributed by atoms with E-state index in [1.54, 1.807) is 0 Å². The fraction of sp³-hybridized carbons (Fsp3) is 0.447. The maximum Gasteiger partial charge on any atom is 0.283 e. The second kappa shape index (κ2) is 16.4. The zero-order chi connectivity index (χ0) is 39.7. The molecular formula is C47H60N4O4. The van der Waals surface area contributed by atoms with E-state index in [1.165, 1.54) is 0 Å². The molecule has 2 amide bonds. The minimum absolute atomic E-state index is 0.0845. The molecule has 2 heterocycles. The number of hydrogen-bond acceptors (Lipinski definition) is 4. The molecule has 292 valence electrons. The molecule has 0 aliphatic carbocycles. The van der Waals surface area contributed by atoms with E-state index in [9.17, 15) is 9.59 Å². The van der Waals surface area contributed by atoms with E-state index in [1.807, 2.05) is 84.9 Å². The van der Waals surface area contributed by atoms with Crippen molar-refractivity contribution in [3.8, 4) is 0 Å². The molecule has 4 aromatic carbocycles. The number of amides is 2. The van der Waals surface area contributed by atoms with Gasteiger partial charge in [0.05, 0.1) is 13.1 Å². The second-order valence-corrected chi connectivity index (χ2v) is 17.2. The van der Waals surface area contributed by atoms with Crippen molar-refractivity contribution in [1.29, 1.82) is 0 Å². The van der Waals surface area contributed by atoms with Crippen molar-refractivity contribution in [2.45, 2.75) is 123 Å². The van der Waals surface area contributed by atoms with Gasteiger partial charge in [0.1, 0.15) is 13.1 Å². The molecule has 2 aliphatic rings. The Labute approximate surface area is 328 Å². The fourth-order valence-electron chi connectivity index (χ4n) is 8.86. The Hall–Kier alpha value is -4.34. The lowest BCUT2D eigenvalue weighted by Crippen LogP contribution is -2.61. The molecule has 0 fully saturated rings. The van der Waals surface area contributed by atoms with E-state index in [2.05, 4.69) is 66.0 Å². The molecule has 0 saturated carbocycles. The Bertz CT molecular complexity index is 1830. The Morgan fingerprint density at radius 2 is 0.836 bits per heavy atom. The number of quaternary nitrogens is 2. The summed E-state index contributed by atoms with van der Waals surface area (Å²) in [4.78, 5) is 28.9. The van der Waals surface area contributed by atoms with Crippen LogP contribution < -0.4 is 10.6 Å². The highest BCUT2D eigenvalue weighted by Gasteiger charge is 2.43. The molecule has 4 atom stereocenters. The molecule has 2 aliphatic heterocycles. The highest BCUT2D eigenvalue weighted by Crippen LogP contribution is 2.38. The molecule has 0 aromatic heterocycles. The average Bonchev–Trinajstić information content (AvgIpc) is 3.13. The number of nitrogens with zero attached hydrogens (tertiary/aromatic N) is 2. The standard InChI is InChI=1S/C47H60N4O4/c1-30(2)38-20-13-21-39(31(3)4)44(38)48-46(52)42-26-34-16-9-11-18-36(34)28-50(42,54)24-15-25-51(55)29-37-19-12-10-17-35(37)27-43(51)47(53)49-45-40(32(5)6)22-14-23-41(45)33(7)8/h9-14,16-23,30-33,42-43H,15,24-29H2,1-8H3,(H,48,52)(H,49,53)/t42-,43-,50?,51?/m0/s1. The van der Waals surface area contributed by atoms with Gasteiger partial charge in [0, 0.05) is 41.8 Å². The van der Waals surface area contributed by atoms with E-state index in [4.69, 9.17) is 0 Å². The summed E-state index contributed by atoms with van der Waals surface area (Å²) >= 11 is 0. The monoisotopic (exact) mass is 744 g/mol. The predicted octanol–water partition coefficient (Wildman–Crippen LogP) is 10.0. The van der Waals surface area contributed by atoms with Crippen LogP contribution >= 0.6 is 0 Å². The molecule has 55 heavy (non-hydrogen) atoms. The van der Waals surface area contributed by atoms with Crippen LogP contribution in [0.3, 0.4) is 0 Å². The van der Waals surface area contributed by atoms with E-state index in [0.29, 0.717) is 12.8 Å². The second-order valence-electron chi connectivity index (χ2n) is 17.2. The van der Waals surface area contributed by atoms with Gasteiger partial charge in [-0.05, 0) is 57.1 Å². The van der Waals surface area contributed by atoms with Crippen molar-refractivity contribution < 1.29 is 18.9 Å². The number of carbonyl (C=O) groups excluding carboxylic acids is 2. The maximum absolute atomic E-state index is 15.2. The van der Waals surface area contributed by atoms with Crippen molar-refractivity contribution in [2.75, 3.05) is 23.7 Å². The summed E-state index contributed by atoms with van der Waals surface area (Å²) in [5.41, 5.74) is 9.67. The molecule has 8 nitrogen and oxygen atoms in total. The van der Waals surface area contributed by atoms with E-state index < -0.39 is 21.4 Å². The van der Waals surface area contributed by atoms with Crippen LogP contribution in [-0.2, 0) is 35.5 Å². The zero-order valence-electron chi connectivity index (χ0n) is 34.0. The van der Waals surface area contributed by atoms with Gasteiger partial charge in [-0.2, -0.15) is 0 Å². The summed E-state index contributed by atoms with van der Waals surface area (Å²) in [5.74, 6) is 0.139. The molecule has 8 heteroatoms. The summed E-state index contributed by atoms with van der Waals surface area (Å²) in [6.07, 6.45) is 0.899. The first kappa shape index (κ1) is 40.3. The molecule has 0 saturated heterocycles. The van der Waals surface area contributed by atoms with Gasteiger partial charge in [-0.15, -0.1) is 0 Å². The van der Waals surface area contributed by atoms with E-state index in [-0.39, 0.29) is 68.1 Å². The van der Waals surface area contributed by atoms with Gasteiger partial charge >= 0.3 is 0 Å². The minimum Gasteiger partial charge on any atom is -0.632 e. The van der Waals surface area contributed by atoms with Gasteiger partial charge in [0.2, 0.25) is 0 Å². The smallest absolute Gasteiger partial charge is 0.283 e. The third-order valence-electron chi connectivity index (χ3n) is 12.0. The normalized spacial score (nSPS) is 22.1. The van der Waals surface area contributed by atoms with Crippen LogP contribution in [0.1, 0.15) is 130 Å². The first-order valence-corrected chi connectivity index (χ1v) is 20.3. The third-order valence-corrected chi connectivity index (χ3v) is 12.0. The number of hydroxylamine groups is 6. The summed E-state index contributed by atoms with van der Waals surface area (Å²) in [5, 5.41) is 36.9. The summed E-state index contributed by atoms with van der Waals surface area (Å²) in [7, 11) is 0. The van der Waals surface area contributed by atoms with Crippen LogP contribution in [0, 0.1) is 10.4 Å². The van der Waals surface area contributed by atoms with Crippen molar-refractivity contribution in [3.05, 3.63) is 140 Å². The molecule has 4 aromatic rings. The number of para-hydroxylation sites is 2. The third kappa shape index (κ3) is 8.43. The van der Waals surface area contributed by atoms with Crippen LogP contribution in [0.4, 0.5) is 11.4 Å². The van der Waals surface area contributed by atoms with Gasteiger partial charge in [-0.1, -0.05) is 140 Å². The maximum atomic E-state index is 15.2. The SMILES string of the molecule is CC(C)c1cccc(C(C)C)c1NC(=O)[C@@H]1Cc2ccccc2C[N+]1([O-])CCC[N+]1([O-])Cc2ccccc2C[C@H]1C(=O)Nc1c(C(C)C)cccc1C(C)C. The minimum atomic E-state index is -0.890. The van der Waals surface area contributed by atoms with Crippen LogP contribution in [0.5, 0.6) is 0 Å². The number of benzene rings is 4. The van der Waals surface area contributed by atoms with Gasteiger partial charge in [-0.25, -0.2) is 0 Å². The number of nitrogens with one attached hydrogen (secondary N) is 2. The highest BCUT2D eigenvalue weighted by molar-refractivity contribution is 5.97. The number of carbonyl (C=O) groups is 2. The van der Waals surface area contributed by atoms with Crippen LogP contribution in [0.2, 0.25) is 0 Å². The Morgan fingerprint density at radius 1 is 0.527 bits per heavy atom. The van der Waals surface area contributed by atoms with E-state index in [0.717, 1.165) is 55.9 Å². The van der Waals surface area contributed by atoms with Crippen molar-refractivity contribution in [1.82, 2.24) is 0 Å². The van der Waals surface area contributed by atoms with Crippen molar-refractivity contribution in [3.63, 3.8) is 0 Å². The van der Waals surface area contributed by atoms with Gasteiger partial charge in [0.15, 0.2) is 12.1 Å². The fourth-order valence-corrected chi connectivity index (χ4v) is 8.86. The summed E-state index contributed by atoms with van der Waals surface area (Å²) in [6.45, 7) is 17.4. The Morgan fingerprint density at radius 3 is 1.15 bits per heavy atom. The average molecular weight is 745 g/mol. The van der Waals surface area contributed by atoms with Crippen LogP contribution in [0.15, 0.2) is 84.9 Å². The molecular weight excluding hydrogens is 685 g/mol. The zero-order valence-corrected chi connectivity index (χ0v) is 34.0. The molecule has 0 spiro atoms. The van der Waals surface area contributed by atoms with E-state index >= 15 is 10.4 Å². The largest absolute Gasteiger partial charge is 0.632 e. The molecule has 0 radical (unpaired) electrons. The lowest BCUT2D eigenvalue weighted by Gasteiger charge is -2.53. The predicted molar refractivity (Wildman–Crippen MR) is 223 cm³/mol. The molecule has 2 N–H and O–H groups in total. The van der Waals surface area contributed by atoms with Gasteiger partial charge < -0.3 is 30.3 Å². The molecule has 6 rings (SSSR count). The number of rotatable bonds is 12. The number of anilines is 2. The Kier molecular flexibility index (Phi) is 12.0. The summed E-state index contributed by atoms with van der Waals surface area (Å²) in [6, 6.07) is 26.2. The lowest BCUT2D eigenvalue weighted by atomic mass is 9.90. The van der Waals surface area contributed by atoms with Crippen molar-refractivity contribution in [2.24, 2.45) is 0 Å².